The fraction of sp³-hybridized carbons (Fsp3) is 0.370. The number of aromatic nitrogens is 4. The topological polar surface area (TPSA) is 117 Å². The van der Waals surface area contributed by atoms with Crippen molar-refractivity contribution in [2.24, 2.45) is 7.05 Å². The number of hydrogen-bond acceptors (Lipinski definition) is 7. The molecule has 0 saturated heterocycles. The van der Waals surface area contributed by atoms with Gasteiger partial charge in [0, 0.05) is 44.7 Å². The lowest BCUT2D eigenvalue weighted by molar-refractivity contribution is -0.135. The average molecular weight is 503 g/mol. The van der Waals surface area contributed by atoms with E-state index in [-0.39, 0.29) is 11.8 Å². The fourth-order valence-corrected chi connectivity index (χ4v) is 3.53. The molecule has 0 aliphatic carbocycles. The van der Waals surface area contributed by atoms with Gasteiger partial charge in [-0.25, -0.2) is 4.98 Å². The first-order valence-electron chi connectivity index (χ1n) is 12.3. The number of likely N-dealkylation sites (N-methyl/N-ethyl adjacent to an activating group) is 1. The van der Waals surface area contributed by atoms with Crippen molar-refractivity contribution < 1.29 is 9.59 Å². The monoisotopic (exact) mass is 502 g/mol. The summed E-state index contributed by atoms with van der Waals surface area (Å²) in [6, 6.07) is 5.42. The molecule has 3 aromatic rings. The third kappa shape index (κ3) is 7.30. The highest BCUT2D eigenvalue weighted by Crippen LogP contribution is 2.21. The number of nitrogens with one attached hydrogen (secondary N) is 3. The summed E-state index contributed by atoms with van der Waals surface area (Å²) in [5, 5.41) is 14.6. The Morgan fingerprint density at radius 3 is 2.84 bits per heavy atom. The highest BCUT2D eigenvalue weighted by molar-refractivity contribution is 5.92. The summed E-state index contributed by atoms with van der Waals surface area (Å²) in [4.78, 5) is 34.6. The van der Waals surface area contributed by atoms with Gasteiger partial charge in [-0.1, -0.05) is 17.9 Å². The third-order valence-corrected chi connectivity index (χ3v) is 5.75. The van der Waals surface area contributed by atoms with Gasteiger partial charge >= 0.3 is 0 Å². The zero-order valence-corrected chi connectivity index (χ0v) is 22.0. The third-order valence-electron chi connectivity index (χ3n) is 5.75. The Balaban J connectivity index is 1.54. The summed E-state index contributed by atoms with van der Waals surface area (Å²) < 4.78 is 1.83. The van der Waals surface area contributed by atoms with Gasteiger partial charge in [-0.2, -0.15) is 10.1 Å². The summed E-state index contributed by atoms with van der Waals surface area (Å²) in [5.41, 5.74) is 2.62. The number of rotatable bonds is 10. The fourth-order valence-electron chi connectivity index (χ4n) is 3.53. The van der Waals surface area contributed by atoms with E-state index in [0.717, 1.165) is 16.6 Å². The molecule has 0 spiro atoms. The van der Waals surface area contributed by atoms with E-state index in [9.17, 15) is 9.59 Å². The van der Waals surface area contributed by atoms with Crippen LogP contribution in [0.25, 0.3) is 10.9 Å². The second-order valence-corrected chi connectivity index (χ2v) is 8.47. The first-order valence-corrected chi connectivity index (χ1v) is 12.3. The maximum absolute atomic E-state index is 12.3. The van der Waals surface area contributed by atoms with Crippen molar-refractivity contribution in [3.63, 3.8) is 0 Å². The Morgan fingerprint density at radius 1 is 1.27 bits per heavy atom. The zero-order chi connectivity index (χ0) is 26.8. The number of aryl methyl sites for hydroxylation is 1. The highest BCUT2D eigenvalue weighted by atomic mass is 16.2. The van der Waals surface area contributed by atoms with Gasteiger partial charge < -0.3 is 20.9 Å². The summed E-state index contributed by atoms with van der Waals surface area (Å²) in [5.74, 6) is 6.99. The molecule has 0 fully saturated rings. The Bertz CT molecular complexity index is 1340. The number of nitrogens with zero attached hydrogens (tertiary/aromatic N) is 5. The van der Waals surface area contributed by atoms with Crippen LogP contribution in [0.3, 0.4) is 0 Å². The molecule has 37 heavy (non-hydrogen) atoms. The van der Waals surface area contributed by atoms with E-state index in [4.69, 9.17) is 0 Å². The molecule has 3 N–H and O–H groups in total. The van der Waals surface area contributed by atoms with E-state index in [1.54, 1.807) is 33.2 Å². The first-order chi connectivity index (χ1) is 17.8. The molecule has 0 radical (unpaired) electrons. The Hall–Kier alpha value is -4.39. The van der Waals surface area contributed by atoms with Crippen LogP contribution < -0.4 is 16.0 Å². The molecule has 0 bridgehead atoms. The standard InChI is InChI=1S/C27H34N8O2/c1-6-11-24(36)34(4)19(3)26(37)29-15-10-8-9-12-20-17-30-27(33-25(20)28-7-2)32-22-13-14-23-21(16-22)18-31-35(23)5/h6,11,13-14,16-19H,7-8,10,15H2,1-5H3,(H,29,37)(H2,28,30,32,33). The summed E-state index contributed by atoms with van der Waals surface area (Å²) in [6.45, 7) is 6.64. The number of allylic oxidation sites excluding steroid dienone is 1. The zero-order valence-electron chi connectivity index (χ0n) is 22.0. The van der Waals surface area contributed by atoms with E-state index in [0.29, 0.717) is 43.3 Å². The minimum atomic E-state index is -0.548. The number of unbranched alkanes of at least 4 members (excludes halogenated alkanes) is 1. The minimum absolute atomic E-state index is 0.193. The number of carbonyl (C=O) groups excluding carboxylic acids is 2. The Morgan fingerprint density at radius 2 is 2.08 bits per heavy atom. The summed E-state index contributed by atoms with van der Waals surface area (Å²) in [6.07, 6.45) is 7.89. The van der Waals surface area contributed by atoms with Gasteiger partial charge in [0.25, 0.3) is 0 Å². The van der Waals surface area contributed by atoms with Crippen LogP contribution in [0.1, 0.15) is 39.2 Å². The maximum atomic E-state index is 12.3. The van der Waals surface area contributed by atoms with Crippen molar-refractivity contribution in [3.05, 3.63) is 48.3 Å². The van der Waals surface area contributed by atoms with E-state index in [1.807, 2.05) is 43.0 Å². The molecular weight excluding hydrogens is 468 g/mol. The smallest absolute Gasteiger partial charge is 0.246 e. The van der Waals surface area contributed by atoms with Crippen LogP contribution in [-0.4, -0.2) is 62.6 Å². The van der Waals surface area contributed by atoms with Crippen LogP contribution in [0.2, 0.25) is 0 Å². The number of carbonyl (C=O) groups is 2. The molecule has 2 heterocycles. The average Bonchev–Trinajstić information content (AvgIpc) is 3.26. The molecule has 1 unspecified atom stereocenters. The van der Waals surface area contributed by atoms with Crippen molar-refractivity contribution >= 4 is 40.2 Å². The molecule has 1 atom stereocenters. The number of fused-ring (bicyclic) bond motifs is 1. The van der Waals surface area contributed by atoms with Crippen molar-refractivity contribution in [2.75, 3.05) is 30.8 Å². The van der Waals surface area contributed by atoms with Crippen molar-refractivity contribution in [2.45, 2.75) is 39.7 Å². The highest BCUT2D eigenvalue weighted by Gasteiger charge is 2.20. The van der Waals surface area contributed by atoms with E-state index in [1.165, 1.54) is 11.0 Å². The minimum Gasteiger partial charge on any atom is -0.369 e. The molecule has 0 aliphatic heterocycles. The first kappa shape index (κ1) is 27.2. The number of anilines is 3. The van der Waals surface area contributed by atoms with Gasteiger partial charge in [-0.15, -0.1) is 0 Å². The normalized spacial score (nSPS) is 11.6. The van der Waals surface area contributed by atoms with Crippen molar-refractivity contribution in [1.82, 2.24) is 30.0 Å². The molecule has 10 nitrogen and oxygen atoms in total. The van der Waals surface area contributed by atoms with Crippen LogP contribution in [0.4, 0.5) is 17.5 Å². The van der Waals surface area contributed by atoms with Crippen LogP contribution in [0.5, 0.6) is 0 Å². The quantitative estimate of drug-likeness (QED) is 0.221. The molecular formula is C27H34N8O2. The molecule has 0 aliphatic rings. The molecule has 1 aromatic carbocycles. The SMILES string of the molecule is CC=CC(=O)N(C)C(C)C(=O)NCCCC#Cc1cnc(Nc2ccc3c(cnn3C)c2)nc1NCC. The summed E-state index contributed by atoms with van der Waals surface area (Å²) >= 11 is 0. The predicted octanol–water partition coefficient (Wildman–Crippen LogP) is 3.21. The van der Waals surface area contributed by atoms with Crippen LogP contribution in [-0.2, 0) is 16.6 Å². The number of hydrogen-bond donors (Lipinski definition) is 3. The van der Waals surface area contributed by atoms with Crippen LogP contribution in [0.15, 0.2) is 42.7 Å². The van der Waals surface area contributed by atoms with Crippen LogP contribution >= 0.6 is 0 Å². The number of benzene rings is 1. The maximum Gasteiger partial charge on any atom is 0.246 e. The van der Waals surface area contributed by atoms with E-state index in [2.05, 4.69) is 42.9 Å². The van der Waals surface area contributed by atoms with Crippen LogP contribution in [0, 0.1) is 11.8 Å². The lowest BCUT2D eigenvalue weighted by Crippen LogP contribution is -2.45. The van der Waals surface area contributed by atoms with E-state index < -0.39 is 6.04 Å². The van der Waals surface area contributed by atoms with Crippen molar-refractivity contribution in [1.29, 1.82) is 0 Å². The molecule has 2 aromatic heterocycles. The van der Waals surface area contributed by atoms with Gasteiger partial charge in [0.1, 0.15) is 11.9 Å². The summed E-state index contributed by atoms with van der Waals surface area (Å²) in [7, 11) is 3.52. The molecule has 194 valence electrons. The van der Waals surface area contributed by atoms with Gasteiger partial charge in [-0.05, 0) is 51.5 Å². The largest absolute Gasteiger partial charge is 0.369 e. The predicted molar refractivity (Wildman–Crippen MR) is 146 cm³/mol. The molecule has 0 saturated carbocycles. The lowest BCUT2D eigenvalue weighted by Gasteiger charge is -2.22. The lowest BCUT2D eigenvalue weighted by atomic mass is 10.2. The van der Waals surface area contributed by atoms with Gasteiger partial charge in [0.05, 0.1) is 23.5 Å². The van der Waals surface area contributed by atoms with Gasteiger partial charge in [0.15, 0.2) is 0 Å². The van der Waals surface area contributed by atoms with Gasteiger partial charge in [-0.3, -0.25) is 14.3 Å². The molecule has 10 heteroatoms. The van der Waals surface area contributed by atoms with E-state index >= 15 is 0 Å². The molecule has 3 rings (SSSR count). The second-order valence-electron chi connectivity index (χ2n) is 8.47. The van der Waals surface area contributed by atoms with Gasteiger partial charge in [0.2, 0.25) is 17.8 Å². The van der Waals surface area contributed by atoms with Crippen molar-refractivity contribution in [3.8, 4) is 11.8 Å². The number of amides is 2. The molecule has 2 amide bonds. The Kier molecular flexibility index (Phi) is 9.61. The Labute approximate surface area is 217 Å². The second kappa shape index (κ2) is 13.1.